The monoisotopic (exact) mass is 1870 g/mol. The molecule has 28 nitrogen and oxygen atoms in total. The SMILES string of the molecule is CC1OC(=O)OC1(C)OC/C(F)=C(/F)C(F)(F)F.CC1OC(=O)OC1(C)OC/C=C(/F)C(F)(F)F.CC1OC(=O)OC1(C)OC/C=C(\F)[Si](C)(C)C(C)(C)C.CC1OC(=O)OC1(C)OC/C=C/[Si](C)(C)C(C)(C)C.CC1OC(=O)OC1(C)OC/C=C\C(F)(F)F.CC1OC(=O)OC1(C)Oc1c(F)c(F)c(F)c(F)c1F.CC1OC(=O)OC1(C)Oc1ccccc1. The normalized spacial score (nSPS) is 28.8. The number of para-hydroxylation sites is 1. The number of benzene rings is 2. The Hall–Kier alpha value is -9.40. The molecular weight excluding hydrogens is 1770 g/mol. The lowest BCUT2D eigenvalue weighted by Gasteiger charge is -2.35. The molecule has 0 aliphatic carbocycles. The fraction of sp³-hybridized carbons (Fsp3) is 0.623. The zero-order valence-electron chi connectivity index (χ0n) is 72.2. The molecule has 0 spiro atoms. The average Bonchev–Trinajstić information content (AvgIpc) is 1.76. The van der Waals surface area contributed by atoms with Crippen LogP contribution in [0.4, 0.5) is 113 Å². The van der Waals surface area contributed by atoms with Gasteiger partial charge < -0.3 is 99.5 Å². The minimum absolute atomic E-state index is 0.0514. The lowest BCUT2D eigenvalue weighted by molar-refractivity contribution is -0.184. The van der Waals surface area contributed by atoms with E-state index < -0.39 is 220 Å². The molecule has 14 unspecified atom stereocenters. The van der Waals surface area contributed by atoms with Gasteiger partial charge in [0.2, 0.25) is 46.5 Å². The molecule has 710 valence electrons. The molecule has 48 heteroatoms. The van der Waals surface area contributed by atoms with Crippen LogP contribution < -0.4 is 9.47 Å². The first-order valence-electron chi connectivity index (χ1n) is 37.3. The summed E-state index contributed by atoms with van der Waals surface area (Å²) in [6.45, 7) is 40.4. The molecule has 2 aromatic carbocycles. The number of carbonyl (C=O) groups excluding carboxylic acids is 7. The van der Waals surface area contributed by atoms with Gasteiger partial charge in [0.15, 0.2) is 48.6 Å². The predicted octanol–water partition coefficient (Wildman–Crippen LogP) is 21.5. The Balaban J connectivity index is 0.000000377. The van der Waals surface area contributed by atoms with Gasteiger partial charge in [0.05, 0.1) is 40.0 Å². The Morgan fingerprint density at radius 3 is 0.984 bits per heavy atom. The van der Waals surface area contributed by atoms with Crippen LogP contribution in [0.25, 0.3) is 0 Å². The van der Waals surface area contributed by atoms with Crippen molar-refractivity contribution in [2.45, 2.75) is 277 Å². The van der Waals surface area contributed by atoms with Crippen LogP contribution in [0.5, 0.6) is 11.5 Å². The highest BCUT2D eigenvalue weighted by atomic mass is 28.3. The van der Waals surface area contributed by atoms with Gasteiger partial charge in [-0.05, 0) is 82.8 Å². The van der Waals surface area contributed by atoms with Gasteiger partial charge in [0.1, 0.15) is 20.4 Å². The number of hydrogen-bond acceptors (Lipinski definition) is 28. The molecule has 7 aliphatic rings. The first-order chi connectivity index (χ1) is 56.6. The topological polar surface area (TPSA) is 313 Å². The van der Waals surface area contributed by atoms with Gasteiger partial charge in [-0.2, -0.15) is 52.7 Å². The van der Waals surface area contributed by atoms with Crippen molar-refractivity contribution >= 4 is 59.2 Å². The van der Waals surface area contributed by atoms with Gasteiger partial charge in [0.25, 0.3) is 40.5 Å². The fourth-order valence-corrected chi connectivity index (χ4v) is 11.6. The zero-order valence-corrected chi connectivity index (χ0v) is 74.2. The highest BCUT2D eigenvalue weighted by molar-refractivity contribution is 6.86. The van der Waals surface area contributed by atoms with Crippen LogP contribution >= 0.6 is 0 Å². The van der Waals surface area contributed by atoms with Gasteiger partial charge in [-0.3, -0.25) is 0 Å². The molecular formula is C77H100F18O28Si2. The molecule has 7 heterocycles. The molecule has 0 amide bonds. The summed E-state index contributed by atoms with van der Waals surface area (Å²) in [5.41, 5.74) is 2.17. The predicted molar refractivity (Wildman–Crippen MR) is 400 cm³/mol. The molecule has 0 bridgehead atoms. The van der Waals surface area contributed by atoms with Crippen molar-refractivity contribution < 1.29 is 212 Å². The summed E-state index contributed by atoms with van der Waals surface area (Å²) in [4.78, 5) is 76.1. The lowest BCUT2D eigenvalue weighted by Crippen LogP contribution is -2.41. The maximum absolute atomic E-state index is 14.4. The van der Waals surface area contributed by atoms with E-state index in [1.807, 2.05) is 58.1 Å². The van der Waals surface area contributed by atoms with E-state index in [2.05, 4.69) is 82.2 Å². The van der Waals surface area contributed by atoms with Gasteiger partial charge in [-0.25, -0.2) is 59.9 Å². The van der Waals surface area contributed by atoms with Crippen LogP contribution in [-0.2, 0) is 90.0 Å². The average molecular weight is 1870 g/mol. The standard InChI is InChI=1S/C14H25FO4Si.C14H26O4Si.C11H7F5O4.C11H12O4.C9H9F5O4.C9H10F4O4.C9H11F3O4/c1-10-14(5,19-12(16)18-10)17-9-8-11(15)20(6,7)13(2,3)4;1-11-14(5,18-12(15)17-11)16-9-8-10-19(6,7)13(2,3)4;1-3-11(2,20-10(17)18-3)19-9-7(15)5(13)4(12)6(14)8(9)16;1-8-11(2,15-10(12)13-8)14-9-6-4-3-5-7-9;1-4-8(2,18-7(15)17-4)16-3-5(10)6(11)9(12,13)14;1-5-8(2,17-7(14)16-5)15-4-3-6(10)9(11,12)13;1-6-8(2,16-7(13)15-6)14-5-3-4-9(10,11)12/h8,10H,9H2,1-7H3;8,10-11H,9H2,1-7H3;3H,1-2H3;3-8H,1-2H3;4H,3H2,1-2H3;3,5H,4H2,1-2H3;3-4,6H,5H2,1-2H3/b11-8+;10-8+;;;6-5-;6-3+;4-3-. The molecule has 125 heavy (non-hydrogen) atoms. The zero-order chi connectivity index (χ0) is 96.6. The number of ether oxygens (including phenoxy) is 21. The van der Waals surface area contributed by atoms with Crippen molar-refractivity contribution in [1.82, 2.24) is 0 Å². The Labute approximate surface area is 708 Å². The van der Waals surface area contributed by atoms with Crippen LogP contribution in [0.3, 0.4) is 0 Å². The van der Waals surface area contributed by atoms with Gasteiger partial charge in [-0.1, -0.05) is 104 Å². The molecule has 2 aromatic rings. The summed E-state index contributed by atoms with van der Waals surface area (Å²) in [5, 5.41) is 0.233. The first kappa shape index (κ1) is 110. The molecule has 0 aromatic heterocycles. The summed E-state index contributed by atoms with van der Waals surface area (Å²) in [7, 11) is -3.60. The Morgan fingerprint density at radius 2 is 0.688 bits per heavy atom. The second kappa shape index (κ2) is 42.5. The molecule has 7 aliphatic heterocycles. The van der Waals surface area contributed by atoms with Crippen LogP contribution in [0.1, 0.15) is 138 Å². The largest absolute Gasteiger partial charge is 0.512 e. The number of rotatable bonds is 21. The van der Waals surface area contributed by atoms with E-state index in [1.54, 1.807) is 53.7 Å². The molecule has 0 radical (unpaired) electrons. The lowest BCUT2D eigenvalue weighted by atomic mass is 10.2. The molecule has 7 fully saturated rings. The third kappa shape index (κ3) is 31.3. The molecule has 0 N–H and O–H groups in total. The number of halogens is 18. The second-order valence-electron chi connectivity index (χ2n) is 31.9. The van der Waals surface area contributed by atoms with Crippen molar-refractivity contribution in [2.24, 2.45) is 0 Å². The van der Waals surface area contributed by atoms with E-state index in [-0.39, 0.29) is 42.0 Å². The van der Waals surface area contributed by atoms with Crippen molar-refractivity contribution in [3.05, 3.63) is 118 Å². The van der Waals surface area contributed by atoms with E-state index in [0.717, 1.165) is 19.9 Å². The third-order valence-electron chi connectivity index (χ3n) is 20.3. The molecule has 0 saturated carbocycles. The van der Waals surface area contributed by atoms with Crippen molar-refractivity contribution in [1.29, 1.82) is 0 Å². The molecule has 7 saturated heterocycles. The van der Waals surface area contributed by atoms with Gasteiger partial charge in [0, 0.05) is 54.5 Å². The number of carbonyl (C=O) groups is 7. The van der Waals surface area contributed by atoms with Crippen LogP contribution in [0, 0.1) is 29.1 Å². The summed E-state index contributed by atoms with van der Waals surface area (Å²) in [6, 6.07) is 9.17. The quantitative estimate of drug-likeness (QED) is 0.0213. The van der Waals surface area contributed by atoms with Gasteiger partial charge in [-0.15, -0.1) is 0 Å². The van der Waals surface area contributed by atoms with Crippen molar-refractivity contribution in [3.63, 3.8) is 0 Å². The number of cyclic esters (lactones) is 14. The minimum Gasteiger partial charge on any atom is -0.449 e. The first-order valence-corrected chi connectivity index (χ1v) is 43.4. The minimum atomic E-state index is -5.43. The summed E-state index contributed by atoms with van der Waals surface area (Å²) < 4.78 is 326. The fourth-order valence-electron chi connectivity index (χ4n) is 9.12. The van der Waals surface area contributed by atoms with Gasteiger partial charge >= 0.3 is 61.6 Å². The van der Waals surface area contributed by atoms with Crippen LogP contribution in [0.2, 0.25) is 36.3 Å². The Bertz CT molecular complexity index is 4200. The summed E-state index contributed by atoms with van der Waals surface area (Å²) in [5.74, 6) is -29.0. The number of alkyl halides is 9. The molecule has 9 rings (SSSR count). The Kier molecular flexibility index (Phi) is 37.3. The van der Waals surface area contributed by atoms with Crippen molar-refractivity contribution in [3.8, 4) is 11.5 Å². The maximum Gasteiger partial charge on any atom is 0.512 e. The van der Waals surface area contributed by atoms with Crippen molar-refractivity contribution in [2.75, 3.05) is 33.0 Å². The van der Waals surface area contributed by atoms with E-state index in [1.165, 1.54) is 47.6 Å². The summed E-state index contributed by atoms with van der Waals surface area (Å²) in [6.07, 6.45) is -21.5. The second-order valence-corrected chi connectivity index (χ2v) is 42.4. The van der Waals surface area contributed by atoms with E-state index in [0.29, 0.717) is 17.4 Å². The van der Waals surface area contributed by atoms with Crippen LogP contribution in [-0.4, -0.2) is 194 Å². The summed E-state index contributed by atoms with van der Waals surface area (Å²) >= 11 is 0. The van der Waals surface area contributed by atoms with E-state index in [4.69, 9.17) is 56.8 Å². The number of hydrogen-bond donors (Lipinski definition) is 0. The highest BCUT2D eigenvalue weighted by Crippen LogP contribution is 2.44. The maximum atomic E-state index is 14.4. The van der Waals surface area contributed by atoms with E-state index >= 15 is 0 Å². The van der Waals surface area contributed by atoms with E-state index in [9.17, 15) is 113 Å². The number of allylic oxidation sites excluding steroid dienone is 3. The highest BCUT2D eigenvalue weighted by Gasteiger charge is 2.54. The Morgan fingerprint density at radius 1 is 0.392 bits per heavy atom. The molecule has 14 atom stereocenters. The smallest absolute Gasteiger partial charge is 0.449 e. The van der Waals surface area contributed by atoms with Crippen LogP contribution in [0.15, 0.2) is 89.3 Å². The third-order valence-corrected chi connectivity index (χ3v) is 30.4.